The molecule has 2 aliphatic heterocycles. The Morgan fingerprint density at radius 2 is 2.00 bits per heavy atom. The van der Waals surface area contributed by atoms with Crippen molar-refractivity contribution in [2.75, 3.05) is 49.6 Å². The number of rotatable bonds is 5. The minimum Gasteiger partial charge on any atom is -0.378 e. The van der Waals surface area contributed by atoms with E-state index in [1.165, 1.54) is 16.7 Å². The van der Waals surface area contributed by atoms with E-state index in [1.807, 2.05) is 12.3 Å². The van der Waals surface area contributed by atoms with E-state index in [9.17, 15) is 0 Å². The van der Waals surface area contributed by atoms with Crippen molar-refractivity contribution in [2.45, 2.75) is 32.9 Å². The van der Waals surface area contributed by atoms with E-state index in [4.69, 9.17) is 9.72 Å². The van der Waals surface area contributed by atoms with Crippen molar-refractivity contribution < 1.29 is 4.74 Å². The van der Waals surface area contributed by atoms with Crippen molar-refractivity contribution >= 4 is 11.8 Å². The monoisotopic (exact) mass is 367 g/mol. The van der Waals surface area contributed by atoms with Crippen LogP contribution in [0.3, 0.4) is 0 Å². The van der Waals surface area contributed by atoms with Gasteiger partial charge in [-0.05, 0) is 37.5 Å². The van der Waals surface area contributed by atoms with E-state index in [1.54, 1.807) is 0 Å². The Morgan fingerprint density at radius 3 is 2.81 bits per heavy atom. The molecule has 1 N–H and O–H groups in total. The summed E-state index contributed by atoms with van der Waals surface area (Å²) in [6, 6.07) is 9.12. The van der Waals surface area contributed by atoms with Crippen molar-refractivity contribution in [1.82, 2.24) is 14.9 Å². The molecular formula is C21H29N5O. The fourth-order valence-electron chi connectivity index (χ4n) is 3.93. The van der Waals surface area contributed by atoms with Gasteiger partial charge in [0.05, 0.1) is 13.2 Å². The van der Waals surface area contributed by atoms with E-state index in [-0.39, 0.29) is 0 Å². The zero-order valence-electron chi connectivity index (χ0n) is 16.3. The number of morpholine rings is 1. The molecule has 0 amide bonds. The molecule has 27 heavy (non-hydrogen) atoms. The van der Waals surface area contributed by atoms with E-state index in [2.05, 4.69) is 52.1 Å². The summed E-state index contributed by atoms with van der Waals surface area (Å²) in [6.07, 6.45) is 2.97. The first-order valence-electron chi connectivity index (χ1n) is 9.88. The number of ether oxygens (including phenoxy) is 1. The Hall–Kier alpha value is -2.18. The first-order chi connectivity index (χ1) is 13.2. The summed E-state index contributed by atoms with van der Waals surface area (Å²) in [7, 11) is 0. The van der Waals surface area contributed by atoms with Gasteiger partial charge in [0.1, 0.15) is 5.82 Å². The van der Waals surface area contributed by atoms with Gasteiger partial charge in [0.25, 0.3) is 0 Å². The number of aryl methyl sites for hydroxylation is 2. The van der Waals surface area contributed by atoms with Crippen LogP contribution in [0.5, 0.6) is 0 Å². The number of benzene rings is 1. The van der Waals surface area contributed by atoms with Gasteiger partial charge < -0.3 is 15.0 Å². The van der Waals surface area contributed by atoms with Crippen molar-refractivity contribution in [2.24, 2.45) is 0 Å². The van der Waals surface area contributed by atoms with Crippen LogP contribution in [0.25, 0.3) is 0 Å². The second kappa shape index (κ2) is 8.23. The molecule has 0 bridgehead atoms. The lowest BCUT2D eigenvalue weighted by molar-refractivity contribution is 0.122. The summed E-state index contributed by atoms with van der Waals surface area (Å²) in [5.74, 6) is 1.72. The van der Waals surface area contributed by atoms with E-state index >= 15 is 0 Å². The largest absolute Gasteiger partial charge is 0.378 e. The van der Waals surface area contributed by atoms with Crippen LogP contribution in [0.15, 0.2) is 30.5 Å². The number of hydrogen-bond donors (Lipinski definition) is 1. The van der Waals surface area contributed by atoms with E-state index in [0.717, 1.165) is 64.1 Å². The summed E-state index contributed by atoms with van der Waals surface area (Å²) in [5, 5.41) is 3.54. The third-order valence-electron chi connectivity index (χ3n) is 5.47. The number of likely N-dealkylation sites (tertiary alicyclic amines) is 1. The van der Waals surface area contributed by atoms with Crippen LogP contribution in [0.1, 0.15) is 23.1 Å². The third-order valence-corrected chi connectivity index (χ3v) is 5.47. The molecule has 2 aromatic rings. The number of nitrogens with one attached hydrogen (secondary N) is 1. The van der Waals surface area contributed by atoms with Crippen LogP contribution in [0, 0.1) is 13.8 Å². The average Bonchev–Trinajstić information content (AvgIpc) is 3.12. The van der Waals surface area contributed by atoms with E-state index < -0.39 is 0 Å². The fourth-order valence-corrected chi connectivity index (χ4v) is 3.93. The maximum atomic E-state index is 5.43. The van der Waals surface area contributed by atoms with Gasteiger partial charge in [0.2, 0.25) is 5.95 Å². The normalized spacial score (nSPS) is 20.8. The molecule has 1 aromatic carbocycles. The lowest BCUT2D eigenvalue weighted by Gasteiger charge is -2.28. The molecule has 3 heterocycles. The molecule has 1 aromatic heterocycles. The molecule has 6 heteroatoms. The van der Waals surface area contributed by atoms with Gasteiger partial charge in [-0.15, -0.1) is 0 Å². The molecule has 1 atom stereocenters. The van der Waals surface area contributed by atoms with Crippen LogP contribution in [-0.2, 0) is 11.3 Å². The second-order valence-corrected chi connectivity index (χ2v) is 7.63. The molecule has 0 aliphatic carbocycles. The smallest absolute Gasteiger partial charge is 0.224 e. The quantitative estimate of drug-likeness (QED) is 0.877. The zero-order chi connectivity index (χ0) is 18.6. The highest BCUT2D eigenvalue weighted by Gasteiger charge is 2.23. The molecule has 0 saturated carbocycles. The van der Waals surface area contributed by atoms with Crippen LogP contribution >= 0.6 is 0 Å². The summed E-state index contributed by atoms with van der Waals surface area (Å²) < 4.78 is 5.43. The predicted octanol–water partition coefficient (Wildman–Crippen LogP) is 2.62. The fraction of sp³-hybridized carbons (Fsp3) is 0.524. The molecule has 2 aliphatic rings. The Morgan fingerprint density at radius 1 is 1.15 bits per heavy atom. The average molecular weight is 367 g/mol. The van der Waals surface area contributed by atoms with Gasteiger partial charge in [-0.3, -0.25) is 4.90 Å². The molecular weight excluding hydrogens is 338 g/mol. The molecule has 2 fully saturated rings. The summed E-state index contributed by atoms with van der Waals surface area (Å²) in [4.78, 5) is 13.9. The van der Waals surface area contributed by atoms with Crippen molar-refractivity contribution in [3.8, 4) is 0 Å². The molecule has 4 rings (SSSR count). The topological polar surface area (TPSA) is 53.5 Å². The number of hydrogen-bond acceptors (Lipinski definition) is 6. The van der Waals surface area contributed by atoms with Gasteiger partial charge in [0, 0.05) is 45.0 Å². The Bertz CT molecular complexity index is 775. The maximum Gasteiger partial charge on any atom is 0.224 e. The van der Waals surface area contributed by atoms with Crippen LogP contribution < -0.4 is 10.2 Å². The van der Waals surface area contributed by atoms with Crippen molar-refractivity contribution in [1.29, 1.82) is 0 Å². The molecule has 0 radical (unpaired) electrons. The third kappa shape index (κ3) is 4.57. The highest BCUT2D eigenvalue weighted by atomic mass is 16.5. The molecule has 2 saturated heterocycles. The number of nitrogens with zero attached hydrogens (tertiary/aromatic N) is 4. The number of anilines is 2. The first kappa shape index (κ1) is 18.2. The maximum absolute atomic E-state index is 5.43. The SMILES string of the molecule is Cc1ccc(CN2CCC(Nc3nccc(N4CCOCC4)n3)C2)c(C)c1. The predicted molar refractivity (Wildman–Crippen MR) is 108 cm³/mol. The van der Waals surface area contributed by atoms with Crippen LogP contribution in [-0.4, -0.2) is 60.3 Å². The Kier molecular flexibility index (Phi) is 5.55. The van der Waals surface area contributed by atoms with Gasteiger partial charge in [-0.1, -0.05) is 23.8 Å². The molecule has 0 spiro atoms. The number of aromatic nitrogens is 2. The lowest BCUT2D eigenvalue weighted by Crippen LogP contribution is -2.37. The highest BCUT2D eigenvalue weighted by Crippen LogP contribution is 2.20. The van der Waals surface area contributed by atoms with Gasteiger partial charge in [-0.2, -0.15) is 4.98 Å². The van der Waals surface area contributed by atoms with E-state index in [0.29, 0.717) is 6.04 Å². The lowest BCUT2D eigenvalue weighted by atomic mass is 10.1. The molecule has 6 nitrogen and oxygen atoms in total. The van der Waals surface area contributed by atoms with Gasteiger partial charge >= 0.3 is 0 Å². The van der Waals surface area contributed by atoms with Gasteiger partial charge in [-0.25, -0.2) is 4.98 Å². The van der Waals surface area contributed by atoms with Crippen molar-refractivity contribution in [3.05, 3.63) is 47.2 Å². The Balaban J connectivity index is 1.34. The second-order valence-electron chi connectivity index (χ2n) is 7.63. The van der Waals surface area contributed by atoms with Crippen LogP contribution in [0.4, 0.5) is 11.8 Å². The minimum atomic E-state index is 0.399. The van der Waals surface area contributed by atoms with Crippen molar-refractivity contribution in [3.63, 3.8) is 0 Å². The summed E-state index contributed by atoms with van der Waals surface area (Å²) >= 11 is 0. The highest BCUT2D eigenvalue weighted by molar-refractivity contribution is 5.43. The minimum absolute atomic E-state index is 0.399. The molecule has 1 unspecified atom stereocenters. The standard InChI is InChI=1S/C21H29N5O/c1-16-3-4-18(17(2)13-16)14-25-8-6-19(15-25)23-21-22-7-5-20(24-21)26-9-11-27-12-10-26/h3-5,7,13,19H,6,8-12,14-15H2,1-2H3,(H,22,23,24). The molecule has 144 valence electrons. The summed E-state index contributed by atoms with van der Waals surface area (Å²) in [5.41, 5.74) is 4.13. The van der Waals surface area contributed by atoms with Gasteiger partial charge in [0.15, 0.2) is 0 Å². The summed E-state index contributed by atoms with van der Waals surface area (Å²) in [6.45, 7) is 10.8. The Labute approximate surface area is 161 Å². The zero-order valence-corrected chi connectivity index (χ0v) is 16.3. The first-order valence-corrected chi connectivity index (χ1v) is 9.88. The van der Waals surface area contributed by atoms with Crippen LogP contribution in [0.2, 0.25) is 0 Å².